The Labute approximate surface area is 123 Å². The van der Waals surface area contributed by atoms with Crippen molar-refractivity contribution in [3.8, 4) is 0 Å². The Kier molecular flexibility index (Phi) is 4.02. The van der Waals surface area contributed by atoms with E-state index in [4.69, 9.17) is 16.6 Å². The second-order valence-corrected chi connectivity index (χ2v) is 7.03. The van der Waals surface area contributed by atoms with Crippen molar-refractivity contribution in [3.05, 3.63) is 33.0 Å². The summed E-state index contributed by atoms with van der Waals surface area (Å²) in [6.07, 6.45) is 0. The molecule has 19 heavy (non-hydrogen) atoms. The molecular weight excluding hydrogens is 278 g/mol. The van der Waals surface area contributed by atoms with Crippen LogP contribution in [-0.4, -0.2) is 14.8 Å². The lowest BCUT2D eigenvalue weighted by Gasteiger charge is -2.14. The van der Waals surface area contributed by atoms with Crippen LogP contribution in [0.3, 0.4) is 0 Å². The molecule has 0 amide bonds. The van der Waals surface area contributed by atoms with E-state index in [0.29, 0.717) is 5.88 Å². The smallest absolute Gasteiger partial charge is 0.114 e. The van der Waals surface area contributed by atoms with E-state index in [1.165, 1.54) is 0 Å². The van der Waals surface area contributed by atoms with Gasteiger partial charge in [0.15, 0.2) is 0 Å². The monoisotopic (exact) mass is 297 g/mol. The van der Waals surface area contributed by atoms with Gasteiger partial charge in [-0.15, -0.1) is 22.9 Å². The average molecular weight is 298 g/mol. The van der Waals surface area contributed by atoms with Crippen molar-refractivity contribution in [2.45, 2.75) is 52.5 Å². The van der Waals surface area contributed by atoms with Gasteiger partial charge in [0, 0.05) is 22.1 Å². The molecule has 0 fully saturated rings. The molecule has 3 nitrogen and oxygen atoms in total. The van der Waals surface area contributed by atoms with Crippen molar-refractivity contribution >= 4 is 22.9 Å². The van der Waals surface area contributed by atoms with Gasteiger partial charge in [0.2, 0.25) is 0 Å². The fraction of sp³-hybridized carbons (Fsp3) is 0.571. The second kappa shape index (κ2) is 5.25. The van der Waals surface area contributed by atoms with Gasteiger partial charge in [-0.3, -0.25) is 4.68 Å². The van der Waals surface area contributed by atoms with Crippen molar-refractivity contribution in [2.24, 2.45) is 0 Å². The lowest BCUT2D eigenvalue weighted by Crippen LogP contribution is -2.12. The normalized spacial score (nSPS) is 12.1. The predicted molar refractivity (Wildman–Crippen MR) is 81.2 cm³/mol. The lowest BCUT2D eigenvalue weighted by atomic mass is 9.93. The van der Waals surface area contributed by atoms with E-state index in [1.54, 1.807) is 11.3 Å². The molecule has 0 atom stereocenters. The Morgan fingerprint density at radius 3 is 2.47 bits per heavy atom. The summed E-state index contributed by atoms with van der Waals surface area (Å²) in [7, 11) is 0. The first kappa shape index (κ1) is 14.5. The summed E-state index contributed by atoms with van der Waals surface area (Å²) in [5, 5.41) is 7.78. The maximum Gasteiger partial charge on any atom is 0.114 e. The Morgan fingerprint density at radius 2 is 2.00 bits per heavy atom. The van der Waals surface area contributed by atoms with Gasteiger partial charge in [-0.25, -0.2) is 4.98 Å². The number of alkyl halides is 1. The van der Waals surface area contributed by atoms with Crippen LogP contribution in [0, 0.1) is 13.8 Å². The van der Waals surface area contributed by atoms with Crippen molar-refractivity contribution < 1.29 is 0 Å². The Morgan fingerprint density at radius 1 is 1.32 bits per heavy atom. The first-order chi connectivity index (χ1) is 8.82. The molecule has 0 spiro atoms. The molecule has 104 valence electrons. The van der Waals surface area contributed by atoms with Gasteiger partial charge >= 0.3 is 0 Å². The average Bonchev–Trinajstić information content (AvgIpc) is 2.85. The van der Waals surface area contributed by atoms with E-state index in [0.717, 1.165) is 34.2 Å². The predicted octanol–water partition coefficient (Wildman–Crippen LogP) is 4.04. The molecule has 2 aromatic rings. The van der Waals surface area contributed by atoms with Crippen LogP contribution in [0.15, 0.2) is 5.38 Å². The standard InChI is InChI=1S/C14H20ClN3S/c1-9-11(6-15)10(2)18(17-9)7-13-16-12(8-19-13)14(3,4)5/h8H,6-7H2,1-5H3. The molecule has 2 rings (SSSR count). The first-order valence-electron chi connectivity index (χ1n) is 6.36. The highest BCUT2D eigenvalue weighted by atomic mass is 35.5. The number of aryl methyl sites for hydroxylation is 1. The molecule has 2 heterocycles. The van der Waals surface area contributed by atoms with Gasteiger partial charge in [-0.2, -0.15) is 5.10 Å². The summed E-state index contributed by atoms with van der Waals surface area (Å²) >= 11 is 7.65. The van der Waals surface area contributed by atoms with Crippen molar-refractivity contribution in [1.82, 2.24) is 14.8 Å². The van der Waals surface area contributed by atoms with Gasteiger partial charge in [0.25, 0.3) is 0 Å². The molecule has 0 unspecified atom stereocenters. The van der Waals surface area contributed by atoms with E-state index >= 15 is 0 Å². The fourth-order valence-corrected chi connectivity index (χ4v) is 3.33. The Bertz CT molecular complexity index is 578. The lowest BCUT2D eigenvalue weighted by molar-refractivity contribution is 0.567. The summed E-state index contributed by atoms with van der Waals surface area (Å²) in [6.45, 7) is 11.3. The molecule has 0 saturated carbocycles. The van der Waals surface area contributed by atoms with Crippen LogP contribution in [0.2, 0.25) is 0 Å². The molecule has 0 N–H and O–H groups in total. The molecule has 5 heteroatoms. The first-order valence-corrected chi connectivity index (χ1v) is 7.78. The Balaban J connectivity index is 2.25. The van der Waals surface area contributed by atoms with Crippen molar-refractivity contribution in [2.75, 3.05) is 0 Å². The van der Waals surface area contributed by atoms with E-state index in [-0.39, 0.29) is 5.41 Å². The highest BCUT2D eigenvalue weighted by molar-refractivity contribution is 7.09. The quantitative estimate of drug-likeness (QED) is 0.801. The summed E-state index contributed by atoms with van der Waals surface area (Å²) in [5.74, 6) is 0.517. The molecule has 0 bridgehead atoms. The molecular formula is C14H20ClN3S. The van der Waals surface area contributed by atoms with Gasteiger partial charge in [0.05, 0.1) is 23.8 Å². The number of hydrogen-bond donors (Lipinski definition) is 0. The van der Waals surface area contributed by atoms with E-state index in [2.05, 4.69) is 38.2 Å². The zero-order chi connectivity index (χ0) is 14.2. The largest absolute Gasteiger partial charge is 0.262 e. The third kappa shape index (κ3) is 3.00. The fourth-order valence-electron chi connectivity index (χ4n) is 1.94. The zero-order valence-corrected chi connectivity index (χ0v) is 13.7. The van der Waals surface area contributed by atoms with E-state index in [1.807, 2.05) is 11.6 Å². The molecule has 0 saturated heterocycles. The minimum atomic E-state index is 0.102. The zero-order valence-electron chi connectivity index (χ0n) is 12.1. The third-order valence-electron chi connectivity index (χ3n) is 3.27. The van der Waals surface area contributed by atoms with Crippen LogP contribution in [-0.2, 0) is 17.8 Å². The van der Waals surface area contributed by atoms with Gasteiger partial charge in [-0.1, -0.05) is 20.8 Å². The SMILES string of the molecule is Cc1nn(Cc2nc(C(C)(C)C)cs2)c(C)c1CCl. The number of halogens is 1. The minimum Gasteiger partial charge on any atom is -0.262 e. The highest BCUT2D eigenvalue weighted by Gasteiger charge is 2.18. The summed E-state index contributed by atoms with van der Waals surface area (Å²) in [5.41, 5.74) is 4.53. The van der Waals surface area contributed by atoms with Crippen LogP contribution < -0.4 is 0 Å². The number of nitrogens with zero attached hydrogens (tertiary/aromatic N) is 3. The van der Waals surface area contributed by atoms with Crippen LogP contribution in [0.5, 0.6) is 0 Å². The minimum absolute atomic E-state index is 0.102. The van der Waals surface area contributed by atoms with E-state index < -0.39 is 0 Å². The maximum atomic E-state index is 5.95. The maximum absolute atomic E-state index is 5.95. The molecule has 0 aromatic carbocycles. The third-order valence-corrected chi connectivity index (χ3v) is 4.37. The molecule has 0 radical (unpaired) electrons. The van der Waals surface area contributed by atoms with Crippen LogP contribution >= 0.6 is 22.9 Å². The van der Waals surface area contributed by atoms with Gasteiger partial charge in [-0.05, 0) is 13.8 Å². The summed E-state index contributed by atoms with van der Waals surface area (Å²) in [6, 6.07) is 0. The van der Waals surface area contributed by atoms with Gasteiger partial charge < -0.3 is 0 Å². The molecule has 0 aliphatic carbocycles. The van der Waals surface area contributed by atoms with Crippen molar-refractivity contribution in [3.63, 3.8) is 0 Å². The van der Waals surface area contributed by atoms with Gasteiger partial charge in [0.1, 0.15) is 5.01 Å². The van der Waals surface area contributed by atoms with Crippen LogP contribution in [0.1, 0.15) is 48.4 Å². The molecule has 0 aliphatic rings. The summed E-state index contributed by atoms with van der Waals surface area (Å²) < 4.78 is 2.00. The van der Waals surface area contributed by atoms with E-state index in [9.17, 15) is 0 Å². The number of thiazole rings is 1. The number of hydrogen-bond acceptors (Lipinski definition) is 3. The molecule has 0 aliphatic heterocycles. The van der Waals surface area contributed by atoms with Crippen molar-refractivity contribution in [1.29, 1.82) is 0 Å². The summed E-state index contributed by atoms with van der Waals surface area (Å²) in [4.78, 5) is 4.71. The molecule has 2 aromatic heterocycles. The second-order valence-electron chi connectivity index (χ2n) is 5.82. The van der Waals surface area contributed by atoms with Crippen LogP contribution in [0.4, 0.5) is 0 Å². The highest BCUT2D eigenvalue weighted by Crippen LogP contribution is 2.25. The number of rotatable bonds is 3. The topological polar surface area (TPSA) is 30.7 Å². The number of aromatic nitrogens is 3. The Hall–Kier alpha value is -0.870. The van der Waals surface area contributed by atoms with Crippen LogP contribution in [0.25, 0.3) is 0 Å².